The first-order chi connectivity index (χ1) is 16.9. The molecule has 1 fully saturated rings. The van der Waals surface area contributed by atoms with Crippen molar-refractivity contribution in [3.8, 4) is 5.75 Å². The SMILES string of the molecule is CCOC(=O)c1ccc(NC(=O)CCCCCN2C(=O)/C(=C/c3ccc(OC)cc3)SC2=S)cc1. The molecule has 2 amide bonds. The molecule has 0 aliphatic carbocycles. The summed E-state index contributed by atoms with van der Waals surface area (Å²) < 4.78 is 10.7. The number of nitrogens with zero attached hydrogens (tertiary/aromatic N) is 1. The number of nitrogens with one attached hydrogen (secondary N) is 1. The van der Waals surface area contributed by atoms with E-state index in [0.29, 0.717) is 46.5 Å². The van der Waals surface area contributed by atoms with Gasteiger partial charge in [-0.1, -0.05) is 42.5 Å². The Morgan fingerprint density at radius 1 is 1.06 bits per heavy atom. The van der Waals surface area contributed by atoms with Crippen molar-refractivity contribution in [3.63, 3.8) is 0 Å². The number of thiocarbonyl (C=S) groups is 1. The summed E-state index contributed by atoms with van der Waals surface area (Å²) in [6, 6.07) is 14.1. The second kappa shape index (κ2) is 13.1. The molecule has 7 nitrogen and oxygen atoms in total. The molecule has 0 radical (unpaired) electrons. The van der Waals surface area contributed by atoms with Gasteiger partial charge in [-0.2, -0.15) is 0 Å². The molecule has 2 aromatic carbocycles. The monoisotopic (exact) mass is 512 g/mol. The number of hydrogen-bond acceptors (Lipinski definition) is 7. The van der Waals surface area contributed by atoms with E-state index in [0.717, 1.165) is 24.2 Å². The molecule has 1 aliphatic rings. The summed E-state index contributed by atoms with van der Waals surface area (Å²) >= 11 is 6.70. The molecule has 184 valence electrons. The fourth-order valence-electron chi connectivity index (χ4n) is 3.40. The summed E-state index contributed by atoms with van der Waals surface area (Å²) in [6.07, 6.45) is 4.45. The van der Waals surface area contributed by atoms with Crippen molar-refractivity contribution in [2.45, 2.75) is 32.6 Å². The van der Waals surface area contributed by atoms with Crippen LogP contribution in [-0.2, 0) is 14.3 Å². The number of methoxy groups -OCH3 is 1. The minimum Gasteiger partial charge on any atom is -0.497 e. The van der Waals surface area contributed by atoms with Gasteiger partial charge in [-0.05, 0) is 67.8 Å². The van der Waals surface area contributed by atoms with Crippen molar-refractivity contribution in [2.24, 2.45) is 0 Å². The average Bonchev–Trinajstić information content (AvgIpc) is 3.12. The highest BCUT2D eigenvalue weighted by atomic mass is 32.2. The van der Waals surface area contributed by atoms with Crippen LogP contribution in [0.3, 0.4) is 0 Å². The summed E-state index contributed by atoms with van der Waals surface area (Å²) in [6.45, 7) is 2.60. The molecule has 0 bridgehead atoms. The summed E-state index contributed by atoms with van der Waals surface area (Å²) in [4.78, 5) is 38.9. The third-order valence-electron chi connectivity index (χ3n) is 5.25. The third-order valence-corrected chi connectivity index (χ3v) is 6.63. The van der Waals surface area contributed by atoms with E-state index in [4.69, 9.17) is 21.7 Å². The summed E-state index contributed by atoms with van der Waals surface area (Å²) in [5.74, 6) is 0.195. The van der Waals surface area contributed by atoms with Crippen molar-refractivity contribution in [2.75, 3.05) is 25.6 Å². The first-order valence-electron chi connectivity index (χ1n) is 11.4. The number of hydrogen-bond donors (Lipinski definition) is 1. The van der Waals surface area contributed by atoms with Crippen LogP contribution in [0.4, 0.5) is 5.69 Å². The summed E-state index contributed by atoms with van der Waals surface area (Å²) in [7, 11) is 1.61. The molecule has 0 saturated carbocycles. The first-order valence-corrected chi connectivity index (χ1v) is 12.6. The molecule has 1 aliphatic heterocycles. The molecule has 1 heterocycles. The lowest BCUT2D eigenvalue weighted by Crippen LogP contribution is -2.29. The van der Waals surface area contributed by atoms with Gasteiger partial charge in [0.2, 0.25) is 5.91 Å². The molecule has 0 atom stereocenters. The van der Waals surface area contributed by atoms with Crippen LogP contribution in [-0.4, -0.2) is 47.3 Å². The van der Waals surface area contributed by atoms with Gasteiger partial charge in [0.1, 0.15) is 10.1 Å². The number of carbonyl (C=O) groups is 3. The molecular weight excluding hydrogens is 484 g/mol. The maximum absolute atomic E-state index is 12.8. The third kappa shape index (κ3) is 7.66. The van der Waals surface area contributed by atoms with E-state index in [1.165, 1.54) is 11.8 Å². The predicted molar refractivity (Wildman–Crippen MR) is 142 cm³/mol. The minimum atomic E-state index is -0.386. The van der Waals surface area contributed by atoms with Crippen molar-refractivity contribution in [3.05, 3.63) is 64.6 Å². The Kier molecular flexibility index (Phi) is 9.86. The van der Waals surface area contributed by atoms with Gasteiger partial charge in [0, 0.05) is 18.7 Å². The Balaban J connectivity index is 1.39. The molecule has 0 unspecified atom stereocenters. The summed E-state index contributed by atoms with van der Waals surface area (Å²) in [5.41, 5.74) is 1.98. The minimum absolute atomic E-state index is 0.0835. The second-order valence-corrected chi connectivity index (χ2v) is 9.44. The van der Waals surface area contributed by atoms with E-state index in [2.05, 4.69) is 5.32 Å². The Bertz CT molecular complexity index is 1100. The maximum atomic E-state index is 12.8. The van der Waals surface area contributed by atoms with Crippen molar-refractivity contribution >= 4 is 57.8 Å². The molecule has 3 rings (SSSR count). The van der Waals surface area contributed by atoms with Gasteiger partial charge in [0.05, 0.1) is 24.2 Å². The van der Waals surface area contributed by atoms with Crippen molar-refractivity contribution in [1.82, 2.24) is 4.90 Å². The lowest BCUT2D eigenvalue weighted by molar-refractivity contribution is -0.122. The molecule has 1 N–H and O–H groups in total. The Hall–Kier alpha value is -3.17. The van der Waals surface area contributed by atoms with Gasteiger partial charge in [0.25, 0.3) is 5.91 Å². The fraction of sp³-hybridized carbons (Fsp3) is 0.308. The standard InChI is InChI=1S/C26H28N2O5S2/c1-3-33-25(31)19-10-12-20(13-11-19)27-23(29)7-5-4-6-16-28-24(30)22(35-26(28)34)17-18-8-14-21(32-2)15-9-18/h8-15,17H,3-7,16H2,1-2H3,(H,27,29)/b22-17-. The van der Waals surface area contributed by atoms with E-state index in [1.807, 2.05) is 30.3 Å². The Morgan fingerprint density at radius 3 is 2.43 bits per heavy atom. The molecule has 0 aromatic heterocycles. The maximum Gasteiger partial charge on any atom is 0.338 e. The molecule has 0 spiro atoms. The van der Waals surface area contributed by atoms with Crippen LogP contribution < -0.4 is 10.1 Å². The first kappa shape index (κ1) is 26.4. The van der Waals surface area contributed by atoms with Crippen LogP contribution in [0.2, 0.25) is 0 Å². The van der Waals surface area contributed by atoms with Gasteiger partial charge < -0.3 is 14.8 Å². The van der Waals surface area contributed by atoms with Crippen molar-refractivity contribution < 1.29 is 23.9 Å². The van der Waals surface area contributed by atoms with Crippen LogP contribution in [0.15, 0.2) is 53.4 Å². The topological polar surface area (TPSA) is 84.9 Å². The predicted octanol–water partition coefficient (Wildman–Crippen LogP) is 5.27. The number of esters is 1. The van der Waals surface area contributed by atoms with E-state index >= 15 is 0 Å². The van der Waals surface area contributed by atoms with Gasteiger partial charge in [0.15, 0.2) is 0 Å². The van der Waals surface area contributed by atoms with E-state index < -0.39 is 0 Å². The van der Waals surface area contributed by atoms with E-state index in [-0.39, 0.29) is 17.8 Å². The van der Waals surface area contributed by atoms with Gasteiger partial charge in [-0.3, -0.25) is 14.5 Å². The number of unbranched alkanes of at least 4 members (excludes halogenated alkanes) is 2. The number of ether oxygens (including phenoxy) is 2. The Morgan fingerprint density at radius 2 is 1.77 bits per heavy atom. The quantitative estimate of drug-likeness (QED) is 0.190. The molecule has 2 aromatic rings. The molecule has 1 saturated heterocycles. The fourth-order valence-corrected chi connectivity index (χ4v) is 4.71. The van der Waals surface area contributed by atoms with Crippen LogP contribution >= 0.6 is 24.0 Å². The number of carbonyl (C=O) groups excluding carboxylic acids is 3. The van der Waals surface area contributed by atoms with E-state index in [9.17, 15) is 14.4 Å². The average molecular weight is 513 g/mol. The molecular formula is C26H28N2O5S2. The number of thioether (sulfide) groups is 1. The van der Waals surface area contributed by atoms with Crippen LogP contribution in [0.25, 0.3) is 6.08 Å². The lowest BCUT2D eigenvalue weighted by Gasteiger charge is -2.14. The zero-order chi connectivity index (χ0) is 25.2. The van der Waals surface area contributed by atoms with Gasteiger partial charge in [-0.15, -0.1) is 0 Å². The molecule has 35 heavy (non-hydrogen) atoms. The zero-order valence-corrected chi connectivity index (χ0v) is 21.4. The molecule has 9 heteroatoms. The van der Waals surface area contributed by atoms with Crippen molar-refractivity contribution in [1.29, 1.82) is 0 Å². The number of anilines is 1. The highest BCUT2D eigenvalue weighted by Crippen LogP contribution is 2.33. The van der Waals surface area contributed by atoms with Crippen LogP contribution in [0, 0.1) is 0 Å². The highest BCUT2D eigenvalue weighted by molar-refractivity contribution is 8.26. The Labute approximate surface area is 214 Å². The van der Waals surface area contributed by atoms with Crippen LogP contribution in [0.5, 0.6) is 5.75 Å². The second-order valence-electron chi connectivity index (χ2n) is 7.76. The summed E-state index contributed by atoms with van der Waals surface area (Å²) in [5, 5.41) is 2.83. The lowest BCUT2D eigenvalue weighted by atomic mass is 10.1. The largest absolute Gasteiger partial charge is 0.497 e. The van der Waals surface area contributed by atoms with Gasteiger partial charge in [-0.25, -0.2) is 4.79 Å². The smallest absolute Gasteiger partial charge is 0.338 e. The highest BCUT2D eigenvalue weighted by Gasteiger charge is 2.31. The number of rotatable bonds is 11. The number of amides is 2. The zero-order valence-electron chi connectivity index (χ0n) is 19.7. The normalized spacial score (nSPS) is 14.3. The number of benzene rings is 2. The van der Waals surface area contributed by atoms with Gasteiger partial charge >= 0.3 is 5.97 Å². The van der Waals surface area contributed by atoms with Crippen LogP contribution in [0.1, 0.15) is 48.5 Å². The van der Waals surface area contributed by atoms with E-state index in [1.54, 1.807) is 43.2 Å².